The summed E-state index contributed by atoms with van der Waals surface area (Å²) in [6.45, 7) is 5.64. The van der Waals surface area contributed by atoms with Gasteiger partial charge < -0.3 is 15.4 Å². The summed E-state index contributed by atoms with van der Waals surface area (Å²) >= 11 is 0. The second-order valence-corrected chi connectivity index (χ2v) is 3.80. The number of guanidine groups is 1. The van der Waals surface area contributed by atoms with Crippen molar-refractivity contribution in [2.45, 2.75) is 20.0 Å². The third kappa shape index (κ3) is 2.62. The molecule has 2 rings (SSSR count). The predicted molar refractivity (Wildman–Crippen MR) is 63.9 cm³/mol. The lowest BCUT2D eigenvalue weighted by Crippen LogP contribution is -2.26. The fourth-order valence-corrected chi connectivity index (χ4v) is 1.41. The number of nitrogens with zero attached hydrogens (tertiary/aromatic N) is 2. The molecule has 0 amide bonds. The van der Waals surface area contributed by atoms with Crippen LogP contribution in [0.1, 0.15) is 13.8 Å². The fraction of sp³-hybridized carbons (Fsp3) is 0.455. The van der Waals surface area contributed by atoms with Gasteiger partial charge in [0, 0.05) is 12.7 Å². The molecule has 5 nitrogen and oxygen atoms in total. The summed E-state index contributed by atoms with van der Waals surface area (Å²) in [5, 5.41) is 6.31. The first-order valence-electron chi connectivity index (χ1n) is 5.43. The minimum absolute atomic E-state index is 0.105. The molecule has 0 saturated carbocycles. The average Bonchev–Trinajstić information content (AvgIpc) is 2.73. The molecule has 5 heteroatoms. The summed E-state index contributed by atoms with van der Waals surface area (Å²) in [4.78, 5) is 8.46. The van der Waals surface area contributed by atoms with Crippen molar-refractivity contribution in [3.8, 4) is 5.88 Å². The van der Waals surface area contributed by atoms with Gasteiger partial charge in [-0.1, -0.05) is 0 Å². The molecule has 0 aromatic carbocycles. The van der Waals surface area contributed by atoms with E-state index in [9.17, 15) is 0 Å². The lowest BCUT2D eigenvalue weighted by Gasteiger charge is -2.13. The summed E-state index contributed by atoms with van der Waals surface area (Å²) in [6, 6.07) is 3.79. The highest BCUT2D eigenvalue weighted by Gasteiger charge is 2.10. The van der Waals surface area contributed by atoms with Crippen LogP contribution in [-0.2, 0) is 0 Å². The Morgan fingerprint density at radius 2 is 2.38 bits per heavy atom. The van der Waals surface area contributed by atoms with Crippen LogP contribution < -0.4 is 15.4 Å². The highest BCUT2D eigenvalue weighted by molar-refractivity contribution is 5.95. The Hall–Kier alpha value is -1.78. The zero-order valence-electron chi connectivity index (χ0n) is 9.53. The third-order valence-corrected chi connectivity index (χ3v) is 2.05. The Bertz CT molecular complexity index is 389. The first-order valence-corrected chi connectivity index (χ1v) is 5.43. The van der Waals surface area contributed by atoms with E-state index in [1.807, 2.05) is 26.0 Å². The van der Waals surface area contributed by atoms with Gasteiger partial charge in [-0.3, -0.25) is 4.99 Å². The van der Waals surface area contributed by atoms with Gasteiger partial charge in [-0.25, -0.2) is 4.98 Å². The van der Waals surface area contributed by atoms with Crippen molar-refractivity contribution in [2.24, 2.45) is 4.99 Å². The van der Waals surface area contributed by atoms with Crippen LogP contribution in [0.2, 0.25) is 0 Å². The minimum atomic E-state index is 0.105. The summed E-state index contributed by atoms with van der Waals surface area (Å²) in [6.07, 6.45) is 1.82. The first kappa shape index (κ1) is 10.7. The number of anilines is 1. The Morgan fingerprint density at radius 3 is 3.06 bits per heavy atom. The number of rotatable bonds is 3. The molecule has 1 aliphatic heterocycles. The van der Waals surface area contributed by atoms with E-state index in [0.29, 0.717) is 5.88 Å². The highest BCUT2D eigenvalue weighted by Crippen LogP contribution is 2.21. The van der Waals surface area contributed by atoms with Crippen molar-refractivity contribution in [2.75, 3.05) is 18.4 Å². The summed E-state index contributed by atoms with van der Waals surface area (Å²) in [5.74, 6) is 1.38. The van der Waals surface area contributed by atoms with Crippen LogP contribution in [0.15, 0.2) is 23.3 Å². The number of aliphatic imine (C=N–C) groups is 1. The van der Waals surface area contributed by atoms with E-state index in [2.05, 4.69) is 20.6 Å². The molecule has 16 heavy (non-hydrogen) atoms. The van der Waals surface area contributed by atoms with Crippen LogP contribution in [0.5, 0.6) is 5.88 Å². The molecule has 2 heterocycles. The number of nitrogens with one attached hydrogen (secondary N) is 2. The molecule has 1 aromatic heterocycles. The van der Waals surface area contributed by atoms with Crippen molar-refractivity contribution in [1.29, 1.82) is 0 Å². The Morgan fingerprint density at radius 1 is 1.50 bits per heavy atom. The quantitative estimate of drug-likeness (QED) is 0.804. The number of aromatic nitrogens is 1. The second-order valence-electron chi connectivity index (χ2n) is 3.80. The Labute approximate surface area is 94.9 Å². The van der Waals surface area contributed by atoms with Gasteiger partial charge in [0.1, 0.15) is 5.69 Å². The molecule has 0 bridgehead atoms. The third-order valence-electron chi connectivity index (χ3n) is 2.05. The van der Waals surface area contributed by atoms with Gasteiger partial charge in [-0.05, 0) is 26.0 Å². The number of hydrogen-bond donors (Lipinski definition) is 2. The van der Waals surface area contributed by atoms with Crippen LogP contribution >= 0.6 is 0 Å². The van der Waals surface area contributed by atoms with Gasteiger partial charge >= 0.3 is 0 Å². The van der Waals surface area contributed by atoms with Gasteiger partial charge in [0.15, 0.2) is 5.96 Å². The van der Waals surface area contributed by atoms with Crippen molar-refractivity contribution < 1.29 is 4.74 Å². The molecule has 1 aliphatic rings. The monoisotopic (exact) mass is 220 g/mol. The molecule has 1 aromatic rings. The van der Waals surface area contributed by atoms with Crippen molar-refractivity contribution in [1.82, 2.24) is 10.3 Å². The minimum Gasteiger partial charge on any atom is -0.473 e. The summed E-state index contributed by atoms with van der Waals surface area (Å²) < 4.78 is 5.60. The van der Waals surface area contributed by atoms with Gasteiger partial charge in [0.05, 0.1) is 12.6 Å². The number of pyridine rings is 1. The van der Waals surface area contributed by atoms with E-state index < -0.39 is 0 Å². The second kappa shape index (κ2) is 4.83. The van der Waals surface area contributed by atoms with E-state index in [4.69, 9.17) is 4.74 Å². The van der Waals surface area contributed by atoms with Crippen molar-refractivity contribution in [3.05, 3.63) is 18.3 Å². The maximum Gasteiger partial charge on any atom is 0.238 e. The molecular weight excluding hydrogens is 204 g/mol. The zero-order valence-corrected chi connectivity index (χ0v) is 9.53. The smallest absolute Gasteiger partial charge is 0.238 e. The lowest BCUT2D eigenvalue weighted by atomic mass is 10.4. The molecule has 0 aliphatic carbocycles. The van der Waals surface area contributed by atoms with Gasteiger partial charge in [0.2, 0.25) is 5.88 Å². The molecule has 86 valence electrons. The highest BCUT2D eigenvalue weighted by atomic mass is 16.5. The fourth-order valence-electron chi connectivity index (χ4n) is 1.41. The Kier molecular flexibility index (Phi) is 3.24. The molecule has 2 N–H and O–H groups in total. The average molecular weight is 220 g/mol. The number of hydrogen-bond acceptors (Lipinski definition) is 5. The van der Waals surface area contributed by atoms with Crippen LogP contribution in [0.3, 0.4) is 0 Å². The van der Waals surface area contributed by atoms with Crippen molar-refractivity contribution >= 4 is 11.6 Å². The molecule has 0 spiro atoms. The van der Waals surface area contributed by atoms with E-state index in [0.717, 1.165) is 24.7 Å². The zero-order chi connectivity index (χ0) is 11.4. The van der Waals surface area contributed by atoms with Gasteiger partial charge in [-0.2, -0.15) is 0 Å². The van der Waals surface area contributed by atoms with E-state index in [1.54, 1.807) is 6.20 Å². The van der Waals surface area contributed by atoms with Crippen LogP contribution in [0, 0.1) is 0 Å². The first-order chi connectivity index (χ1) is 7.75. The standard InChI is InChI=1S/C11H16N4O/c1-8(2)16-10-9(4-3-5-12-10)15-11-13-6-7-14-11/h3-5,8H,6-7H2,1-2H3,(H2,13,14,15). The van der Waals surface area contributed by atoms with Gasteiger partial charge in [-0.15, -0.1) is 0 Å². The predicted octanol–water partition coefficient (Wildman–Crippen LogP) is 1.24. The molecule has 0 unspecified atom stereocenters. The maximum atomic E-state index is 5.60. The molecule has 0 radical (unpaired) electrons. The summed E-state index contributed by atoms with van der Waals surface area (Å²) in [5.41, 5.74) is 0.837. The number of ether oxygens (including phenoxy) is 1. The van der Waals surface area contributed by atoms with Crippen LogP contribution in [-0.4, -0.2) is 30.1 Å². The van der Waals surface area contributed by atoms with E-state index >= 15 is 0 Å². The van der Waals surface area contributed by atoms with Crippen molar-refractivity contribution in [3.63, 3.8) is 0 Å². The summed E-state index contributed by atoms with van der Waals surface area (Å²) in [7, 11) is 0. The van der Waals surface area contributed by atoms with E-state index in [1.165, 1.54) is 0 Å². The van der Waals surface area contributed by atoms with Gasteiger partial charge in [0.25, 0.3) is 0 Å². The molecular formula is C11H16N4O. The molecule has 0 atom stereocenters. The largest absolute Gasteiger partial charge is 0.473 e. The Balaban J connectivity index is 2.12. The normalized spacial score (nSPS) is 14.6. The topological polar surface area (TPSA) is 58.5 Å². The van der Waals surface area contributed by atoms with Crippen LogP contribution in [0.25, 0.3) is 0 Å². The lowest BCUT2D eigenvalue weighted by molar-refractivity contribution is 0.234. The maximum absolute atomic E-state index is 5.60. The molecule has 0 saturated heterocycles. The van der Waals surface area contributed by atoms with Crippen LogP contribution in [0.4, 0.5) is 5.69 Å². The van der Waals surface area contributed by atoms with E-state index in [-0.39, 0.29) is 6.10 Å². The SMILES string of the molecule is CC(C)Oc1ncccc1NC1=NCCN1. The molecule has 0 fully saturated rings.